The molecule has 0 aliphatic rings. The molecule has 7 heteroatoms. The van der Waals surface area contributed by atoms with Gasteiger partial charge in [-0.3, -0.25) is 4.79 Å². The molecule has 3 rings (SSSR count). The zero-order chi connectivity index (χ0) is 17.5. The highest BCUT2D eigenvalue weighted by atomic mass is 32.1. The minimum absolute atomic E-state index is 0.255. The molecule has 0 atom stereocenters. The van der Waals surface area contributed by atoms with E-state index < -0.39 is 0 Å². The van der Waals surface area contributed by atoms with E-state index in [-0.39, 0.29) is 11.6 Å². The molecule has 1 amide bonds. The van der Waals surface area contributed by atoms with Gasteiger partial charge < -0.3 is 10.1 Å². The molecule has 6 nitrogen and oxygen atoms in total. The zero-order valence-corrected chi connectivity index (χ0v) is 14.6. The molecular weight excluding hydrogens is 336 g/mol. The van der Waals surface area contributed by atoms with Gasteiger partial charge in [0.25, 0.3) is 5.91 Å². The molecule has 1 N–H and O–H groups in total. The van der Waals surface area contributed by atoms with E-state index in [0.29, 0.717) is 25.5 Å². The summed E-state index contributed by atoms with van der Waals surface area (Å²) in [6.07, 6.45) is 0.666. The smallest absolute Gasteiger partial charge is 0.271 e. The summed E-state index contributed by atoms with van der Waals surface area (Å²) in [7, 11) is 0. The van der Waals surface area contributed by atoms with Crippen molar-refractivity contribution in [2.45, 2.75) is 13.3 Å². The van der Waals surface area contributed by atoms with Crippen molar-refractivity contribution in [2.75, 3.05) is 13.2 Å². The van der Waals surface area contributed by atoms with E-state index in [9.17, 15) is 4.79 Å². The number of amides is 1. The maximum absolute atomic E-state index is 12.1. The van der Waals surface area contributed by atoms with Crippen molar-refractivity contribution in [3.63, 3.8) is 0 Å². The lowest BCUT2D eigenvalue weighted by atomic mass is 10.2. The summed E-state index contributed by atoms with van der Waals surface area (Å²) in [5.74, 6) is 0.157. The molecule has 0 radical (unpaired) electrons. The van der Waals surface area contributed by atoms with Crippen molar-refractivity contribution < 1.29 is 9.53 Å². The Morgan fingerprint density at radius 1 is 1.16 bits per heavy atom. The Labute approximate surface area is 149 Å². The number of carbonyl (C=O) groups is 1. The van der Waals surface area contributed by atoms with Crippen molar-refractivity contribution in [1.82, 2.24) is 20.5 Å². The average molecular weight is 354 g/mol. The van der Waals surface area contributed by atoms with Crippen LogP contribution in [-0.2, 0) is 6.42 Å². The quantitative estimate of drug-likeness (QED) is 0.706. The molecule has 0 spiro atoms. The van der Waals surface area contributed by atoms with Crippen LogP contribution in [0, 0.1) is 0 Å². The molecule has 0 aliphatic carbocycles. The van der Waals surface area contributed by atoms with E-state index in [0.717, 1.165) is 16.3 Å². The Morgan fingerprint density at radius 3 is 2.72 bits per heavy atom. The molecule has 0 bridgehead atoms. The fraction of sp³-hybridized carbons (Fsp3) is 0.222. The first kappa shape index (κ1) is 17.0. The van der Waals surface area contributed by atoms with Crippen molar-refractivity contribution in [3.05, 3.63) is 59.2 Å². The number of nitrogens with zero attached hydrogens (tertiary/aromatic N) is 3. The van der Waals surface area contributed by atoms with E-state index in [1.165, 1.54) is 0 Å². The van der Waals surface area contributed by atoms with Crippen LogP contribution in [0.3, 0.4) is 0 Å². The molecule has 0 fully saturated rings. The van der Waals surface area contributed by atoms with E-state index >= 15 is 0 Å². The van der Waals surface area contributed by atoms with Crippen LogP contribution in [0.4, 0.5) is 0 Å². The third kappa shape index (κ3) is 4.60. The Bertz CT molecular complexity index is 819. The minimum atomic E-state index is -0.255. The summed E-state index contributed by atoms with van der Waals surface area (Å²) < 4.78 is 5.21. The summed E-state index contributed by atoms with van der Waals surface area (Å²) in [5, 5.41) is 13.5. The van der Waals surface area contributed by atoms with E-state index in [1.807, 2.05) is 42.6 Å². The maximum atomic E-state index is 12.1. The molecule has 0 aliphatic heterocycles. The van der Waals surface area contributed by atoms with E-state index in [1.54, 1.807) is 23.5 Å². The largest absolute Gasteiger partial charge is 0.477 e. The number of nitrogens with one attached hydrogen (secondary N) is 1. The number of aromatic nitrogens is 3. The number of benzene rings is 1. The van der Waals surface area contributed by atoms with Gasteiger partial charge in [0.05, 0.1) is 12.3 Å². The second-order valence-corrected chi connectivity index (χ2v) is 6.06. The minimum Gasteiger partial charge on any atom is -0.477 e. The molecule has 2 aromatic heterocycles. The number of hydrogen-bond acceptors (Lipinski definition) is 6. The summed E-state index contributed by atoms with van der Waals surface area (Å²) >= 11 is 1.60. The lowest BCUT2D eigenvalue weighted by Crippen LogP contribution is -2.26. The van der Waals surface area contributed by atoms with Gasteiger partial charge in [-0.05, 0) is 13.0 Å². The second kappa shape index (κ2) is 8.34. The number of thiazole rings is 1. The fourth-order valence-electron chi connectivity index (χ4n) is 2.20. The lowest BCUT2D eigenvalue weighted by Gasteiger charge is -2.04. The Hall–Kier alpha value is -2.80. The third-order valence-electron chi connectivity index (χ3n) is 3.40. The summed E-state index contributed by atoms with van der Waals surface area (Å²) in [6.45, 7) is 2.87. The molecule has 128 valence electrons. The number of ether oxygens (including phenoxy) is 1. The monoisotopic (exact) mass is 354 g/mol. The van der Waals surface area contributed by atoms with Crippen LogP contribution in [0.25, 0.3) is 10.6 Å². The Kier molecular flexibility index (Phi) is 5.69. The van der Waals surface area contributed by atoms with Gasteiger partial charge in [-0.2, -0.15) is 0 Å². The van der Waals surface area contributed by atoms with Crippen molar-refractivity contribution >= 4 is 17.2 Å². The third-order valence-corrected chi connectivity index (χ3v) is 4.34. The van der Waals surface area contributed by atoms with Crippen LogP contribution in [0.5, 0.6) is 5.88 Å². The normalized spacial score (nSPS) is 10.4. The van der Waals surface area contributed by atoms with Crippen molar-refractivity contribution in [3.8, 4) is 16.5 Å². The highest BCUT2D eigenvalue weighted by Gasteiger charge is 2.09. The van der Waals surface area contributed by atoms with Gasteiger partial charge in [0.2, 0.25) is 5.88 Å². The predicted octanol–water partition coefficient (Wildman–Crippen LogP) is 2.97. The van der Waals surface area contributed by atoms with Gasteiger partial charge in [0.1, 0.15) is 5.01 Å². The van der Waals surface area contributed by atoms with Crippen LogP contribution >= 0.6 is 11.3 Å². The van der Waals surface area contributed by atoms with Crippen LogP contribution in [-0.4, -0.2) is 34.2 Å². The van der Waals surface area contributed by atoms with Crippen molar-refractivity contribution in [1.29, 1.82) is 0 Å². The fourth-order valence-corrected chi connectivity index (χ4v) is 3.06. The summed E-state index contributed by atoms with van der Waals surface area (Å²) in [4.78, 5) is 16.7. The molecular formula is C18H18N4O2S. The van der Waals surface area contributed by atoms with E-state index in [2.05, 4.69) is 20.5 Å². The molecule has 2 heterocycles. The maximum Gasteiger partial charge on any atom is 0.271 e. The summed E-state index contributed by atoms with van der Waals surface area (Å²) in [5.41, 5.74) is 2.33. The Balaban J connectivity index is 1.51. The first-order chi connectivity index (χ1) is 12.3. The van der Waals surface area contributed by atoms with Crippen LogP contribution < -0.4 is 10.1 Å². The molecule has 0 unspecified atom stereocenters. The predicted molar refractivity (Wildman–Crippen MR) is 96.8 cm³/mol. The van der Waals surface area contributed by atoms with E-state index in [4.69, 9.17) is 4.74 Å². The lowest BCUT2D eigenvalue weighted by molar-refractivity contribution is 0.0948. The highest BCUT2D eigenvalue weighted by Crippen LogP contribution is 2.23. The molecule has 0 saturated heterocycles. The van der Waals surface area contributed by atoms with Crippen molar-refractivity contribution in [2.24, 2.45) is 0 Å². The second-order valence-electron chi connectivity index (χ2n) is 5.21. The number of hydrogen-bond donors (Lipinski definition) is 1. The average Bonchev–Trinajstić information content (AvgIpc) is 3.12. The first-order valence-corrected chi connectivity index (χ1v) is 8.89. The highest BCUT2D eigenvalue weighted by molar-refractivity contribution is 7.13. The first-order valence-electron chi connectivity index (χ1n) is 8.01. The van der Waals surface area contributed by atoms with Gasteiger partial charge in [0, 0.05) is 30.0 Å². The number of carbonyl (C=O) groups excluding carboxylic acids is 1. The van der Waals surface area contributed by atoms with Gasteiger partial charge in [0.15, 0.2) is 5.69 Å². The van der Waals surface area contributed by atoms with Gasteiger partial charge in [-0.1, -0.05) is 30.3 Å². The molecule has 0 saturated carbocycles. The number of rotatable bonds is 7. The Morgan fingerprint density at radius 2 is 2.00 bits per heavy atom. The topological polar surface area (TPSA) is 77.0 Å². The SMILES string of the molecule is CCOc1ccc(C(=O)NCCc2csc(-c3ccccc3)n2)nn1. The van der Waals surface area contributed by atoms with Crippen LogP contribution in [0.15, 0.2) is 47.8 Å². The van der Waals surface area contributed by atoms with Gasteiger partial charge in [-0.15, -0.1) is 21.5 Å². The van der Waals surface area contributed by atoms with Gasteiger partial charge >= 0.3 is 0 Å². The molecule has 1 aromatic carbocycles. The van der Waals surface area contributed by atoms with Crippen LogP contribution in [0.1, 0.15) is 23.1 Å². The van der Waals surface area contributed by atoms with Gasteiger partial charge in [-0.25, -0.2) is 4.98 Å². The summed E-state index contributed by atoms with van der Waals surface area (Å²) in [6, 6.07) is 13.3. The standard InChI is InChI=1S/C18H18N4O2S/c1-2-24-16-9-8-15(21-22-16)17(23)19-11-10-14-12-25-18(20-14)13-6-4-3-5-7-13/h3-9,12H,2,10-11H2,1H3,(H,19,23). The van der Waals surface area contributed by atoms with Crippen LogP contribution in [0.2, 0.25) is 0 Å². The molecule has 3 aromatic rings. The zero-order valence-electron chi connectivity index (χ0n) is 13.8. The molecule has 25 heavy (non-hydrogen) atoms.